The van der Waals surface area contributed by atoms with Crippen molar-refractivity contribution in [1.82, 2.24) is 19.0 Å². The number of benzene rings is 2. The van der Waals surface area contributed by atoms with Crippen LogP contribution >= 0.6 is 11.8 Å². The standard InChI is InChI=1S/C29H34N6O2S/c1-32-18-19-34(21-32)15-8-13-30-25-12-11-24-26-22(25)9-7-10-23(26)27(36)35(28(24)37)16-5-3-4-6-20-38-29-31-14-17-33(29)2/h7,9-12,14,17-19,21H,3-6,8,13,15-16,20H2,1-2H3/p+1. The summed E-state index contributed by atoms with van der Waals surface area (Å²) >= 11 is 1.76. The molecule has 38 heavy (non-hydrogen) atoms. The number of nitrogens with one attached hydrogen (secondary N) is 1. The van der Waals surface area contributed by atoms with Gasteiger partial charge in [0.25, 0.3) is 11.8 Å². The maximum Gasteiger partial charge on any atom is 0.261 e. The number of carbonyl (C=O) groups is 2. The number of imidazole rings is 2. The zero-order valence-corrected chi connectivity index (χ0v) is 22.9. The van der Waals surface area contributed by atoms with Gasteiger partial charge < -0.3 is 9.88 Å². The lowest BCUT2D eigenvalue weighted by atomic mass is 9.92. The second-order valence-corrected chi connectivity index (χ2v) is 10.9. The van der Waals surface area contributed by atoms with Crippen LogP contribution in [0.4, 0.5) is 5.69 Å². The van der Waals surface area contributed by atoms with Gasteiger partial charge in [-0.15, -0.1) is 0 Å². The average Bonchev–Trinajstić information content (AvgIpc) is 3.53. The summed E-state index contributed by atoms with van der Waals surface area (Å²) in [5.41, 5.74) is 2.19. The van der Waals surface area contributed by atoms with Gasteiger partial charge in [0.05, 0.1) is 13.6 Å². The summed E-state index contributed by atoms with van der Waals surface area (Å²) in [6.07, 6.45) is 14.8. The van der Waals surface area contributed by atoms with E-state index in [1.54, 1.807) is 11.8 Å². The molecular formula is C29H35N6O2S+. The van der Waals surface area contributed by atoms with Gasteiger partial charge in [-0.05, 0) is 31.0 Å². The summed E-state index contributed by atoms with van der Waals surface area (Å²) in [5.74, 6) is 0.649. The molecule has 0 bridgehead atoms. The van der Waals surface area contributed by atoms with Crippen LogP contribution in [-0.2, 0) is 20.6 Å². The Morgan fingerprint density at radius 3 is 2.53 bits per heavy atom. The number of nitrogens with zero attached hydrogens (tertiary/aromatic N) is 5. The second kappa shape index (κ2) is 11.9. The lowest BCUT2D eigenvalue weighted by molar-refractivity contribution is -0.671. The minimum Gasteiger partial charge on any atom is -0.384 e. The minimum atomic E-state index is -0.184. The van der Waals surface area contributed by atoms with E-state index < -0.39 is 0 Å². The predicted molar refractivity (Wildman–Crippen MR) is 150 cm³/mol. The molecule has 0 radical (unpaired) electrons. The minimum absolute atomic E-state index is 0.184. The number of amides is 2. The molecule has 3 heterocycles. The van der Waals surface area contributed by atoms with Gasteiger partial charge in [0.1, 0.15) is 12.4 Å². The quantitative estimate of drug-likeness (QED) is 0.118. The van der Waals surface area contributed by atoms with Crippen molar-refractivity contribution in [3.8, 4) is 0 Å². The Balaban J connectivity index is 1.16. The summed E-state index contributed by atoms with van der Waals surface area (Å²) in [4.78, 5) is 32.5. The number of imide groups is 1. The van der Waals surface area contributed by atoms with Crippen molar-refractivity contribution in [2.45, 2.75) is 43.8 Å². The Hall–Kier alpha value is -3.59. The zero-order chi connectivity index (χ0) is 26.5. The number of hydrogen-bond donors (Lipinski definition) is 1. The molecule has 1 aliphatic heterocycles. The average molecular weight is 532 g/mol. The number of thioether (sulfide) groups is 1. The van der Waals surface area contributed by atoms with Gasteiger partial charge in [-0.25, -0.2) is 14.1 Å². The highest BCUT2D eigenvalue weighted by Crippen LogP contribution is 2.34. The van der Waals surface area contributed by atoms with Crippen molar-refractivity contribution in [3.63, 3.8) is 0 Å². The van der Waals surface area contributed by atoms with Crippen molar-refractivity contribution < 1.29 is 14.2 Å². The van der Waals surface area contributed by atoms with Gasteiger partial charge in [0.15, 0.2) is 5.16 Å². The Labute approximate surface area is 227 Å². The van der Waals surface area contributed by atoms with Crippen LogP contribution in [0.1, 0.15) is 52.8 Å². The number of anilines is 1. The molecule has 1 aliphatic rings. The molecule has 2 aromatic carbocycles. The van der Waals surface area contributed by atoms with E-state index in [1.165, 1.54) is 4.90 Å². The van der Waals surface area contributed by atoms with Crippen LogP contribution in [0, 0.1) is 0 Å². The molecule has 0 aliphatic carbocycles. The molecule has 8 nitrogen and oxygen atoms in total. The van der Waals surface area contributed by atoms with Gasteiger partial charge in [-0.3, -0.25) is 14.5 Å². The van der Waals surface area contributed by atoms with Crippen molar-refractivity contribution in [2.75, 3.05) is 24.2 Å². The van der Waals surface area contributed by atoms with E-state index in [2.05, 4.69) is 27.4 Å². The van der Waals surface area contributed by atoms with Gasteiger partial charge in [-0.2, -0.15) is 0 Å². The fourth-order valence-corrected chi connectivity index (χ4v) is 5.93. The molecule has 9 heteroatoms. The monoisotopic (exact) mass is 531 g/mol. The Morgan fingerprint density at radius 2 is 1.76 bits per heavy atom. The molecule has 198 valence electrons. The number of carbonyl (C=O) groups excluding carboxylic acids is 2. The topological polar surface area (TPSA) is 76.0 Å². The normalized spacial score (nSPS) is 13.1. The fraction of sp³-hybridized carbons (Fsp3) is 0.379. The smallest absolute Gasteiger partial charge is 0.261 e. The Kier molecular flexibility index (Phi) is 8.12. The van der Waals surface area contributed by atoms with Gasteiger partial charge in [0, 0.05) is 72.3 Å². The zero-order valence-electron chi connectivity index (χ0n) is 22.1. The van der Waals surface area contributed by atoms with Crippen LogP contribution in [-0.4, -0.2) is 49.7 Å². The number of aromatic nitrogens is 4. The lowest BCUT2D eigenvalue weighted by Crippen LogP contribution is -2.40. The first-order valence-corrected chi connectivity index (χ1v) is 14.3. The van der Waals surface area contributed by atoms with Gasteiger partial charge in [-0.1, -0.05) is 36.7 Å². The first kappa shape index (κ1) is 26.0. The second-order valence-electron chi connectivity index (χ2n) is 9.83. The summed E-state index contributed by atoms with van der Waals surface area (Å²) in [6, 6.07) is 9.60. The van der Waals surface area contributed by atoms with E-state index in [1.807, 2.05) is 72.2 Å². The fourth-order valence-electron chi connectivity index (χ4n) is 5.00. The van der Waals surface area contributed by atoms with E-state index in [0.29, 0.717) is 17.7 Å². The summed E-state index contributed by atoms with van der Waals surface area (Å²) < 4.78 is 6.22. The summed E-state index contributed by atoms with van der Waals surface area (Å²) in [5, 5.41) is 6.25. The molecule has 5 rings (SSSR count). The molecule has 0 saturated carbocycles. The summed E-state index contributed by atoms with van der Waals surface area (Å²) in [6.45, 7) is 2.18. The lowest BCUT2D eigenvalue weighted by Gasteiger charge is -2.28. The van der Waals surface area contributed by atoms with Gasteiger partial charge in [0.2, 0.25) is 6.33 Å². The maximum absolute atomic E-state index is 13.3. The largest absolute Gasteiger partial charge is 0.384 e. The van der Waals surface area contributed by atoms with Crippen LogP contribution in [0.5, 0.6) is 0 Å². The first-order chi connectivity index (χ1) is 18.5. The summed E-state index contributed by atoms with van der Waals surface area (Å²) in [7, 11) is 4.02. The Bertz CT molecular complexity index is 1420. The highest BCUT2D eigenvalue weighted by atomic mass is 32.2. The van der Waals surface area contributed by atoms with Crippen LogP contribution in [0.2, 0.25) is 0 Å². The van der Waals surface area contributed by atoms with Crippen LogP contribution in [0.15, 0.2) is 66.6 Å². The van der Waals surface area contributed by atoms with E-state index in [-0.39, 0.29) is 11.8 Å². The van der Waals surface area contributed by atoms with E-state index in [9.17, 15) is 9.59 Å². The van der Waals surface area contributed by atoms with Crippen molar-refractivity contribution >= 4 is 40.0 Å². The SMILES string of the molecule is Cn1ccnc1SCCCCCCN1C(=O)c2cccc3c(NCCCn4cc[n+](C)c4)ccc(c23)C1=O. The van der Waals surface area contributed by atoms with Crippen LogP contribution in [0.25, 0.3) is 10.8 Å². The molecule has 1 N–H and O–H groups in total. The highest BCUT2D eigenvalue weighted by Gasteiger charge is 2.32. The molecular weight excluding hydrogens is 496 g/mol. The van der Waals surface area contributed by atoms with Crippen LogP contribution < -0.4 is 9.88 Å². The number of unbranched alkanes of at least 4 members (excludes halogenated alkanes) is 3. The molecule has 4 aromatic rings. The first-order valence-electron chi connectivity index (χ1n) is 13.3. The third kappa shape index (κ3) is 5.62. The third-order valence-electron chi connectivity index (χ3n) is 7.01. The maximum atomic E-state index is 13.3. The Morgan fingerprint density at radius 1 is 0.947 bits per heavy atom. The number of aryl methyl sites for hydroxylation is 3. The number of hydrogen-bond acceptors (Lipinski definition) is 5. The van der Waals surface area contributed by atoms with Gasteiger partial charge >= 0.3 is 0 Å². The van der Waals surface area contributed by atoms with E-state index in [0.717, 1.165) is 72.6 Å². The molecule has 0 saturated heterocycles. The predicted octanol–water partition coefficient (Wildman–Crippen LogP) is 4.65. The van der Waals surface area contributed by atoms with Crippen molar-refractivity contribution in [3.05, 3.63) is 72.6 Å². The molecule has 0 unspecified atom stereocenters. The third-order valence-corrected chi connectivity index (χ3v) is 8.15. The molecule has 0 atom stereocenters. The number of rotatable bonds is 13. The van der Waals surface area contributed by atoms with Crippen molar-refractivity contribution in [1.29, 1.82) is 0 Å². The highest BCUT2D eigenvalue weighted by molar-refractivity contribution is 7.99. The molecule has 0 fully saturated rings. The molecule has 2 amide bonds. The molecule has 2 aromatic heterocycles. The van der Waals surface area contributed by atoms with Crippen molar-refractivity contribution in [2.24, 2.45) is 14.1 Å². The van der Waals surface area contributed by atoms with Crippen LogP contribution in [0.3, 0.4) is 0 Å². The van der Waals surface area contributed by atoms with E-state index in [4.69, 9.17) is 0 Å². The molecule has 0 spiro atoms. The van der Waals surface area contributed by atoms with E-state index >= 15 is 0 Å².